The van der Waals surface area contributed by atoms with Crippen molar-refractivity contribution in [1.29, 1.82) is 0 Å². The van der Waals surface area contributed by atoms with Crippen LogP contribution in [0.4, 0.5) is 5.82 Å². The smallest absolute Gasteiger partial charge is 0.322 e. The predicted octanol–water partition coefficient (Wildman–Crippen LogP) is 1.88. The van der Waals surface area contributed by atoms with E-state index in [-0.39, 0.29) is 6.04 Å². The first kappa shape index (κ1) is 20.9. The molecule has 33 heavy (non-hydrogen) atoms. The highest BCUT2D eigenvalue weighted by atomic mass is 35.5. The van der Waals surface area contributed by atoms with Crippen LogP contribution in [0.25, 0.3) is 16.8 Å². The lowest BCUT2D eigenvalue weighted by Gasteiger charge is -2.50. The fourth-order valence-corrected chi connectivity index (χ4v) is 5.48. The highest BCUT2D eigenvalue weighted by Gasteiger charge is 2.46. The van der Waals surface area contributed by atoms with E-state index in [4.69, 9.17) is 21.7 Å². The van der Waals surface area contributed by atoms with Crippen molar-refractivity contribution in [2.75, 3.05) is 31.1 Å². The van der Waals surface area contributed by atoms with Crippen molar-refractivity contribution >= 4 is 28.9 Å². The lowest BCUT2D eigenvalue weighted by atomic mass is 9.85. The molecule has 4 bridgehead atoms. The number of hydrazine groups is 1. The van der Waals surface area contributed by atoms with Crippen molar-refractivity contribution in [3.05, 3.63) is 47.7 Å². The minimum Gasteiger partial charge on any atom is -0.480 e. The summed E-state index contributed by atoms with van der Waals surface area (Å²) in [5.74, 6) is 0.752. The molecule has 3 aromatic heterocycles. The molecule has 6 aliphatic rings. The molecule has 6 aliphatic heterocycles. The quantitative estimate of drug-likeness (QED) is 0.537. The Bertz CT molecular complexity index is 1170. The zero-order valence-corrected chi connectivity index (χ0v) is 18.8. The molecule has 0 amide bonds. The lowest BCUT2D eigenvalue weighted by Crippen LogP contribution is -2.69. The highest BCUT2D eigenvalue weighted by molar-refractivity contribution is 6.31. The summed E-state index contributed by atoms with van der Waals surface area (Å²) < 4.78 is 1.83. The van der Waals surface area contributed by atoms with Gasteiger partial charge in [0.1, 0.15) is 11.9 Å². The third-order valence-electron chi connectivity index (χ3n) is 7.04. The molecular weight excluding hydrogens is 442 g/mol. The van der Waals surface area contributed by atoms with Gasteiger partial charge in [-0.15, -0.1) is 0 Å². The van der Waals surface area contributed by atoms with Crippen molar-refractivity contribution < 1.29 is 9.90 Å². The third kappa shape index (κ3) is 3.85. The highest BCUT2D eigenvalue weighted by Crippen LogP contribution is 2.30. The van der Waals surface area contributed by atoms with Crippen LogP contribution in [0.1, 0.15) is 12.8 Å². The van der Waals surface area contributed by atoms with Gasteiger partial charge in [-0.3, -0.25) is 10.2 Å². The van der Waals surface area contributed by atoms with Gasteiger partial charge in [-0.05, 0) is 37.1 Å². The van der Waals surface area contributed by atoms with Crippen molar-refractivity contribution in [2.45, 2.75) is 31.0 Å². The molecule has 6 fully saturated rings. The molecule has 0 radical (unpaired) electrons. The van der Waals surface area contributed by atoms with E-state index in [0.29, 0.717) is 23.0 Å². The number of carboxylic acids is 1. The standard InChI is InChI=1S/C17H16ClN5.C6H10N2O2/c18-11-4-5-23-16(6-11)14(8-19-23)15-2-1-3-17(21-15)22-9-12-7-13(10-22)20-12;9-6(10)5-4-1-2-7-8(5)3-4/h1-6,8,12-13,20H,7,9-10H2;4-5,7H,1-3H2,(H,9,10). The first-order valence-corrected chi connectivity index (χ1v) is 11.8. The number of aromatic nitrogens is 3. The van der Waals surface area contributed by atoms with Crippen LogP contribution in [0.3, 0.4) is 0 Å². The Morgan fingerprint density at radius 1 is 1.18 bits per heavy atom. The molecule has 0 saturated carbocycles. The summed E-state index contributed by atoms with van der Waals surface area (Å²) in [5.41, 5.74) is 5.95. The number of fused-ring (bicyclic) bond motifs is 5. The van der Waals surface area contributed by atoms with Crippen molar-refractivity contribution in [3.8, 4) is 11.3 Å². The molecule has 5 unspecified atom stereocenters. The van der Waals surface area contributed by atoms with E-state index < -0.39 is 5.97 Å². The number of piperazine rings is 1. The maximum Gasteiger partial charge on any atom is 0.322 e. The molecule has 3 N–H and O–H groups in total. The maximum atomic E-state index is 10.5. The van der Waals surface area contributed by atoms with Gasteiger partial charge >= 0.3 is 5.97 Å². The molecule has 5 atom stereocenters. The second-order valence-corrected chi connectivity index (χ2v) is 9.64. The predicted molar refractivity (Wildman–Crippen MR) is 125 cm³/mol. The summed E-state index contributed by atoms with van der Waals surface area (Å²) in [7, 11) is 0. The van der Waals surface area contributed by atoms with Crippen LogP contribution in [0, 0.1) is 5.92 Å². The van der Waals surface area contributed by atoms with E-state index >= 15 is 0 Å². The Labute approximate surface area is 196 Å². The topological polar surface area (TPSA) is 98.0 Å². The van der Waals surface area contributed by atoms with E-state index in [1.165, 1.54) is 6.42 Å². The average molecular weight is 468 g/mol. The number of hydrogen-bond acceptors (Lipinski definition) is 7. The van der Waals surface area contributed by atoms with Crippen molar-refractivity contribution in [3.63, 3.8) is 0 Å². The molecule has 9 heterocycles. The number of hydrogen-bond donors (Lipinski definition) is 3. The number of rotatable bonds is 3. The number of nitrogens with zero attached hydrogens (tertiary/aromatic N) is 5. The summed E-state index contributed by atoms with van der Waals surface area (Å²) in [5, 5.41) is 19.1. The molecule has 0 spiro atoms. The van der Waals surface area contributed by atoms with E-state index in [1.807, 2.05) is 35.1 Å². The van der Waals surface area contributed by atoms with E-state index in [1.54, 1.807) is 5.01 Å². The fraction of sp³-hybridized carbons (Fsp3) is 0.435. The van der Waals surface area contributed by atoms with Gasteiger partial charge < -0.3 is 15.3 Å². The Balaban J connectivity index is 0.000000173. The van der Waals surface area contributed by atoms with E-state index in [0.717, 1.165) is 55.2 Å². The Morgan fingerprint density at radius 2 is 2.00 bits per heavy atom. The Kier molecular flexibility index (Phi) is 5.21. The molecule has 3 aromatic rings. The number of halogens is 1. The maximum absolute atomic E-state index is 10.5. The van der Waals surface area contributed by atoms with Crippen LogP contribution in [0.15, 0.2) is 42.7 Å². The molecule has 0 aromatic carbocycles. The summed E-state index contributed by atoms with van der Waals surface area (Å²) in [4.78, 5) is 17.8. The number of nitrogens with one attached hydrogen (secondary N) is 2. The summed E-state index contributed by atoms with van der Waals surface area (Å²) in [6, 6.07) is 11.0. The molecule has 9 nitrogen and oxygen atoms in total. The molecule has 0 aliphatic carbocycles. The number of aliphatic carboxylic acids is 1. The van der Waals surface area contributed by atoms with Gasteiger partial charge in [0.25, 0.3) is 0 Å². The van der Waals surface area contributed by atoms with Crippen molar-refractivity contribution in [2.24, 2.45) is 5.92 Å². The Morgan fingerprint density at radius 3 is 2.67 bits per heavy atom. The van der Waals surface area contributed by atoms with Crippen LogP contribution < -0.4 is 15.6 Å². The van der Waals surface area contributed by atoms with Gasteiger partial charge in [-0.25, -0.2) is 14.5 Å². The first-order valence-electron chi connectivity index (χ1n) is 11.4. The molecule has 172 valence electrons. The van der Waals surface area contributed by atoms with Gasteiger partial charge in [0.05, 0.1) is 17.4 Å². The number of piperidine rings is 1. The van der Waals surface area contributed by atoms with Gasteiger partial charge in [-0.2, -0.15) is 5.10 Å². The van der Waals surface area contributed by atoms with Crippen LogP contribution >= 0.6 is 11.6 Å². The molecular formula is C23H26ClN7O2. The molecule has 10 heteroatoms. The van der Waals surface area contributed by atoms with Crippen LogP contribution in [0.2, 0.25) is 5.02 Å². The molecule has 9 rings (SSSR count). The molecule has 6 saturated heterocycles. The minimum atomic E-state index is -0.691. The van der Waals surface area contributed by atoms with E-state index in [2.05, 4.69) is 32.9 Å². The zero-order valence-electron chi connectivity index (χ0n) is 18.1. The SMILES string of the molecule is Clc1ccn2ncc(-c3cccc(N4CC5CC(C4)N5)n3)c2c1.O=C(O)C1C2CCNN1C2. The third-order valence-corrected chi connectivity index (χ3v) is 7.27. The van der Waals surface area contributed by atoms with Gasteiger partial charge in [0, 0.05) is 61.0 Å². The number of carboxylic acid groups (broad SMARTS) is 1. The Hall–Kier alpha value is -2.72. The minimum absolute atomic E-state index is 0.242. The number of pyridine rings is 2. The fourth-order valence-electron chi connectivity index (χ4n) is 5.33. The van der Waals surface area contributed by atoms with Crippen molar-refractivity contribution in [1.82, 2.24) is 30.3 Å². The lowest BCUT2D eigenvalue weighted by molar-refractivity contribution is -0.163. The second kappa shape index (κ2) is 8.25. The van der Waals surface area contributed by atoms with Crippen LogP contribution in [-0.2, 0) is 4.79 Å². The normalized spacial score (nSPS) is 29.5. The van der Waals surface area contributed by atoms with Crippen LogP contribution in [-0.4, -0.2) is 75.0 Å². The largest absolute Gasteiger partial charge is 0.480 e. The van der Waals surface area contributed by atoms with Crippen LogP contribution in [0.5, 0.6) is 0 Å². The summed E-state index contributed by atoms with van der Waals surface area (Å²) in [6.07, 6.45) is 6.03. The van der Waals surface area contributed by atoms with E-state index in [9.17, 15) is 4.79 Å². The second-order valence-electron chi connectivity index (χ2n) is 9.21. The summed E-state index contributed by atoms with van der Waals surface area (Å²) in [6.45, 7) is 3.92. The first-order chi connectivity index (χ1) is 16.0. The van der Waals surface area contributed by atoms with Gasteiger partial charge in [0.15, 0.2) is 0 Å². The summed E-state index contributed by atoms with van der Waals surface area (Å²) >= 11 is 6.13. The van der Waals surface area contributed by atoms with Gasteiger partial charge in [0.2, 0.25) is 0 Å². The van der Waals surface area contributed by atoms with Gasteiger partial charge in [-0.1, -0.05) is 17.7 Å². The zero-order chi connectivity index (χ0) is 22.5. The monoisotopic (exact) mass is 467 g/mol. The number of anilines is 1. The number of carbonyl (C=O) groups is 1. The average Bonchev–Trinajstić information content (AvgIpc) is 3.22.